The fourth-order valence-electron chi connectivity index (χ4n) is 6.82. The second-order valence-corrected chi connectivity index (χ2v) is 12.1. The Balaban J connectivity index is 1.92. The third kappa shape index (κ3) is 6.71. The standard InChI is InChI=1S/C30H48O4/c1-21(13-9-15-23(3)27(32)33)11-8-12-22(2)14-10-16-25-29(6)19-18-26(31)28(4,5)24(29)17-20-30(25,7)34/h11,14-15,24-25,34H,8-10,12-13,16-20H2,1-7H3,(H,32,33)/b21-11+,22-14+,23-15+/t24-,25?,29-,30+/m0/s1. The van der Waals surface area contributed by atoms with Crippen molar-refractivity contribution in [1.29, 1.82) is 0 Å². The molecule has 4 atom stereocenters. The van der Waals surface area contributed by atoms with Gasteiger partial charge in [-0.25, -0.2) is 4.79 Å². The van der Waals surface area contributed by atoms with Crippen LogP contribution in [0.4, 0.5) is 0 Å². The van der Waals surface area contributed by atoms with Crippen LogP contribution in [0, 0.1) is 22.7 Å². The summed E-state index contributed by atoms with van der Waals surface area (Å²) in [5.74, 6) is 0.100. The Hall–Kier alpha value is -1.68. The average Bonchev–Trinajstić information content (AvgIpc) is 2.72. The smallest absolute Gasteiger partial charge is 0.330 e. The minimum atomic E-state index is -0.845. The summed E-state index contributed by atoms with van der Waals surface area (Å²) in [4.78, 5) is 23.5. The van der Waals surface area contributed by atoms with E-state index in [0.29, 0.717) is 23.7 Å². The summed E-state index contributed by atoms with van der Waals surface area (Å²) in [5, 5.41) is 20.2. The van der Waals surface area contributed by atoms with Gasteiger partial charge in [0.2, 0.25) is 0 Å². The maximum Gasteiger partial charge on any atom is 0.330 e. The zero-order chi connectivity index (χ0) is 25.7. The molecule has 1 unspecified atom stereocenters. The van der Waals surface area contributed by atoms with Gasteiger partial charge in [0, 0.05) is 17.4 Å². The lowest BCUT2D eigenvalue weighted by Crippen LogP contribution is -2.59. The van der Waals surface area contributed by atoms with Crippen LogP contribution in [-0.4, -0.2) is 27.6 Å². The van der Waals surface area contributed by atoms with Crippen LogP contribution in [0.1, 0.15) is 113 Å². The van der Waals surface area contributed by atoms with Crippen LogP contribution in [-0.2, 0) is 9.59 Å². The highest BCUT2D eigenvalue weighted by Gasteiger charge is 2.59. The molecule has 0 aromatic carbocycles. The van der Waals surface area contributed by atoms with E-state index >= 15 is 0 Å². The summed E-state index contributed by atoms with van der Waals surface area (Å²) < 4.78 is 0. The first-order valence-electron chi connectivity index (χ1n) is 13.2. The van der Waals surface area contributed by atoms with E-state index in [4.69, 9.17) is 5.11 Å². The van der Waals surface area contributed by atoms with E-state index < -0.39 is 11.6 Å². The molecule has 192 valence electrons. The highest BCUT2D eigenvalue weighted by Crippen LogP contribution is 2.62. The Morgan fingerprint density at radius 2 is 1.50 bits per heavy atom. The minimum Gasteiger partial charge on any atom is -0.478 e. The number of aliphatic carboxylic acids is 1. The van der Waals surface area contributed by atoms with Crippen LogP contribution >= 0.6 is 0 Å². The number of hydrogen-bond acceptors (Lipinski definition) is 3. The summed E-state index contributed by atoms with van der Waals surface area (Å²) in [7, 11) is 0. The molecule has 0 amide bonds. The lowest BCUT2D eigenvalue weighted by molar-refractivity contribution is -0.177. The number of carbonyl (C=O) groups excluding carboxylic acids is 1. The fraction of sp³-hybridized carbons (Fsp3) is 0.733. The molecule has 2 saturated carbocycles. The molecule has 4 heteroatoms. The van der Waals surface area contributed by atoms with Crippen LogP contribution in [0.2, 0.25) is 0 Å². The molecule has 0 aliphatic heterocycles. The van der Waals surface area contributed by atoms with Crippen LogP contribution in [0.15, 0.2) is 34.9 Å². The van der Waals surface area contributed by atoms with E-state index in [2.05, 4.69) is 46.8 Å². The molecule has 34 heavy (non-hydrogen) atoms. The van der Waals surface area contributed by atoms with Crippen molar-refractivity contribution in [2.24, 2.45) is 22.7 Å². The Morgan fingerprint density at radius 3 is 2.09 bits per heavy atom. The predicted molar refractivity (Wildman–Crippen MR) is 140 cm³/mol. The normalized spacial score (nSPS) is 32.5. The highest BCUT2D eigenvalue weighted by atomic mass is 16.4. The Morgan fingerprint density at radius 1 is 0.941 bits per heavy atom. The van der Waals surface area contributed by atoms with Crippen molar-refractivity contribution < 1.29 is 19.8 Å². The molecule has 2 aliphatic carbocycles. The van der Waals surface area contributed by atoms with Crippen LogP contribution < -0.4 is 0 Å². The first-order valence-corrected chi connectivity index (χ1v) is 13.2. The highest BCUT2D eigenvalue weighted by molar-refractivity contribution is 5.86. The van der Waals surface area contributed by atoms with E-state index in [0.717, 1.165) is 57.8 Å². The molecule has 0 radical (unpaired) electrons. The zero-order valence-electron chi connectivity index (χ0n) is 22.7. The van der Waals surface area contributed by atoms with Gasteiger partial charge in [-0.1, -0.05) is 50.1 Å². The predicted octanol–water partition coefficient (Wildman–Crippen LogP) is 7.42. The molecule has 2 rings (SSSR count). The number of ketones is 1. The van der Waals surface area contributed by atoms with Crippen molar-refractivity contribution in [2.45, 2.75) is 118 Å². The number of rotatable bonds is 10. The second-order valence-electron chi connectivity index (χ2n) is 12.1. The van der Waals surface area contributed by atoms with Gasteiger partial charge < -0.3 is 10.2 Å². The SMILES string of the molecule is C/C(=C\CC/C(C)=C/CCC1[C@](C)(O)CC[C@H]2C(C)(C)C(=O)CC[C@]12C)CC/C=C(\C)C(=O)O. The number of carbonyl (C=O) groups is 2. The molecular formula is C30H48O4. The van der Waals surface area contributed by atoms with Gasteiger partial charge in [-0.2, -0.15) is 0 Å². The van der Waals surface area contributed by atoms with Crippen molar-refractivity contribution in [3.63, 3.8) is 0 Å². The molecule has 0 heterocycles. The summed E-state index contributed by atoms with van der Waals surface area (Å²) >= 11 is 0. The van der Waals surface area contributed by atoms with Crippen LogP contribution in [0.3, 0.4) is 0 Å². The Labute approximate surface area is 207 Å². The maximum atomic E-state index is 12.6. The lowest BCUT2D eigenvalue weighted by Gasteiger charge is -2.60. The van der Waals surface area contributed by atoms with Crippen LogP contribution in [0.5, 0.6) is 0 Å². The minimum absolute atomic E-state index is 0.00813. The van der Waals surface area contributed by atoms with Crippen molar-refractivity contribution in [1.82, 2.24) is 0 Å². The third-order valence-corrected chi connectivity index (χ3v) is 9.07. The molecule has 2 fully saturated rings. The van der Waals surface area contributed by atoms with Gasteiger partial charge in [0.15, 0.2) is 0 Å². The van der Waals surface area contributed by atoms with Gasteiger partial charge in [-0.3, -0.25) is 4.79 Å². The van der Waals surface area contributed by atoms with Gasteiger partial charge in [0.05, 0.1) is 5.60 Å². The number of aliphatic hydroxyl groups is 1. The average molecular weight is 473 g/mol. The first-order chi connectivity index (χ1) is 15.7. The van der Waals surface area contributed by atoms with Crippen molar-refractivity contribution >= 4 is 11.8 Å². The van der Waals surface area contributed by atoms with Gasteiger partial charge >= 0.3 is 5.97 Å². The van der Waals surface area contributed by atoms with Gasteiger partial charge in [-0.15, -0.1) is 0 Å². The first kappa shape index (κ1) is 28.6. The molecule has 0 aromatic heterocycles. The van der Waals surface area contributed by atoms with Crippen molar-refractivity contribution in [3.05, 3.63) is 34.9 Å². The summed E-state index contributed by atoms with van der Waals surface area (Å²) in [5.41, 5.74) is 2.13. The van der Waals surface area contributed by atoms with Crippen molar-refractivity contribution in [3.8, 4) is 0 Å². The molecule has 0 aromatic rings. The molecular weight excluding hydrogens is 424 g/mol. The van der Waals surface area contributed by atoms with Gasteiger partial charge in [0.1, 0.15) is 5.78 Å². The van der Waals surface area contributed by atoms with E-state index in [1.54, 1.807) is 13.0 Å². The number of hydrogen-bond donors (Lipinski definition) is 2. The summed E-state index contributed by atoms with van der Waals surface area (Å²) in [6.07, 6.45) is 15.2. The van der Waals surface area contributed by atoms with E-state index in [1.807, 2.05) is 6.92 Å². The second kappa shape index (κ2) is 11.4. The van der Waals surface area contributed by atoms with Crippen molar-refractivity contribution in [2.75, 3.05) is 0 Å². The molecule has 0 bridgehead atoms. The molecule has 0 spiro atoms. The summed E-state index contributed by atoms with van der Waals surface area (Å²) in [6.45, 7) is 14.5. The van der Waals surface area contributed by atoms with E-state index in [1.165, 1.54) is 11.1 Å². The quantitative estimate of drug-likeness (QED) is 0.256. The number of carboxylic acid groups (broad SMARTS) is 1. The number of carboxylic acids is 1. The monoisotopic (exact) mass is 472 g/mol. The van der Waals surface area contributed by atoms with Gasteiger partial charge in [0.25, 0.3) is 0 Å². The fourth-order valence-corrected chi connectivity index (χ4v) is 6.82. The largest absolute Gasteiger partial charge is 0.478 e. The third-order valence-electron chi connectivity index (χ3n) is 9.07. The zero-order valence-corrected chi connectivity index (χ0v) is 22.7. The number of allylic oxidation sites excluding steroid dienone is 5. The topological polar surface area (TPSA) is 74.6 Å². The lowest BCUT2D eigenvalue weighted by atomic mass is 9.45. The number of fused-ring (bicyclic) bond motifs is 1. The Kier molecular flexibility index (Phi) is 9.55. The Bertz CT molecular complexity index is 842. The van der Waals surface area contributed by atoms with Crippen LogP contribution in [0.25, 0.3) is 0 Å². The molecule has 2 N–H and O–H groups in total. The molecule has 2 aliphatic rings. The summed E-state index contributed by atoms with van der Waals surface area (Å²) in [6, 6.07) is 0. The molecule has 4 nitrogen and oxygen atoms in total. The van der Waals surface area contributed by atoms with Gasteiger partial charge in [-0.05, 0) is 103 Å². The number of Topliss-reactive ketones (excluding diaryl/α,β-unsaturated/α-hetero) is 1. The maximum absolute atomic E-state index is 12.6. The molecule has 0 saturated heterocycles. The van der Waals surface area contributed by atoms with E-state index in [-0.39, 0.29) is 16.7 Å². The van der Waals surface area contributed by atoms with E-state index in [9.17, 15) is 14.7 Å².